The van der Waals surface area contributed by atoms with Gasteiger partial charge >= 0.3 is 0 Å². The van der Waals surface area contributed by atoms with E-state index in [2.05, 4.69) is 4.98 Å². The Bertz CT molecular complexity index is 746. The molecule has 0 bridgehead atoms. The molecule has 0 saturated carbocycles. The first-order chi connectivity index (χ1) is 10.2. The normalized spacial score (nSPS) is 10.5. The molecule has 1 heterocycles. The molecule has 21 heavy (non-hydrogen) atoms. The van der Waals surface area contributed by atoms with Crippen LogP contribution in [0.1, 0.15) is 15.9 Å². The van der Waals surface area contributed by atoms with Crippen LogP contribution in [0.2, 0.25) is 0 Å². The summed E-state index contributed by atoms with van der Waals surface area (Å²) in [5.74, 6) is -0.409. The number of rotatable bonds is 4. The predicted octanol–water partition coefficient (Wildman–Crippen LogP) is 2.70. The van der Waals surface area contributed by atoms with Gasteiger partial charge in [-0.25, -0.2) is 4.98 Å². The van der Waals surface area contributed by atoms with Crippen molar-refractivity contribution in [1.29, 1.82) is 0 Å². The fourth-order valence-corrected chi connectivity index (χ4v) is 2.33. The van der Waals surface area contributed by atoms with Crippen LogP contribution in [0.15, 0.2) is 67.3 Å². The second-order valence-corrected chi connectivity index (χ2v) is 4.84. The summed E-state index contributed by atoms with van der Waals surface area (Å²) < 4.78 is 2.01. The number of primary amides is 1. The maximum atomic E-state index is 11.5. The number of aromatic nitrogens is 2. The first-order valence-electron chi connectivity index (χ1n) is 6.68. The maximum Gasteiger partial charge on any atom is 0.249 e. The molecule has 4 nitrogen and oxygen atoms in total. The van der Waals surface area contributed by atoms with Gasteiger partial charge in [0.05, 0.1) is 6.33 Å². The Morgan fingerprint density at radius 2 is 1.86 bits per heavy atom. The van der Waals surface area contributed by atoms with E-state index in [1.165, 1.54) is 5.56 Å². The molecule has 2 N–H and O–H groups in total. The number of hydrogen-bond acceptors (Lipinski definition) is 2. The van der Waals surface area contributed by atoms with Crippen molar-refractivity contribution in [3.63, 3.8) is 0 Å². The molecule has 0 spiro atoms. The molecule has 0 radical (unpaired) electrons. The Morgan fingerprint density at radius 3 is 2.52 bits per heavy atom. The number of hydrogen-bond donors (Lipinski definition) is 1. The molecule has 0 fully saturated rings. The van der Waals surface area contributed by atoms with Crippen molar-refractivity contribution in [2.75, 3.05) is 0 Å². The molecule has 0 aliphatic heterocycles. The second-order valence-electron chi connectivity index (χ2n) is 4.84. The number of carbonyl (C=O) groups is 1. The molecule has 0 unspecified atom stereocenters. The van der Waals surface area contributed by atoms with Crippen LogP contribution in [0.5, 0.6) is 0 Å². The van der Waals surface area contributed by atoms with Gasteiger partial charge in [-0.1, -0.05) is 42.5 Å². The lowest BCUT2D eigenvalue weighted by Crippen LogP contribution is -2.12. The van der Waals surface area contributed by atoms with E-state index in [1.54, 1.807) is 18.6 Å². The van der Waals surface area contributed by atoms with Gasteiger partial charge in [0.1, 0.15) is 0 Å². The molecule has 0 saturated heterocycles. The van der Waals surface area contributed by atoms with Gasteiger partial charge in [0, 0.05) is 24.5 Å². The van der Waals surface area contributed by atoms with E-state index in [-0.39, 0.29) is 0 Å². The van der Waals surface area contributed by atoms with Crippen LogP contribution in [0, 0.1) is 0 Å². The van der Waals surface area contributed by atoms with Crippen LogP contribution in [0.25, 0.3) is 11.1 Å². The quantitative estimate of drug-likeness (QED) is 0.797. The number of nitrogens with two attached hydrogens (primary N) is 1. The van der Waals surface area contributed by atoms with E-state index < -0.39 is 5.91 Å². The van der Waals surface area contributed by atoms with Crippen LogP contribution < -0.4 is 5.73 Å². The van der Waals surface area contributed by atoms with Gasteiger partial charge in [-0.2, -0.15) is 0 Å². The summed E-state index contributed by atoms with van der Waals surface area (Å²) in [7, 11) is 0. The highest BCUT2D eigenvalue weighted by Gasteiger charge is 2.08. The summed E-state index contributed by atoms with van der Waals surface area (Å²) in [4.78, 5) is 15.5. The van der Waals surface area contributed by atoms with Crippen molar-refractivity contribution >= 4 is 5.91 Å². The van der Waals surface area contributed by atoms with Gasteiger partial charge in [0.25, 0.3) is 0 Å². The molecule has 0 atom stereocenters. The maximum absolute atomic E-state index is 11.5. The Labute approximate surface area is 122 Å². The summed E-state index contributed by atoms with van der Waals surface area (Å²) in [5, 5.41) is 0. The molecule has 0 aliphatic carbocycles. The van der Waals surface area contributed by atoms with E-state index in [0.717, 1.165) is 17.7 Å². The van der Waals surface area contributed by atoms with Crippen molar-refractivity contribution in [1.82, 2.24) is 9.55 Å². The first kappa shape index (κ1) is 13.1. The smallest absolute Gasteiger partial charge is 0.249 e. The number of amides is 1. The lowest BCUT2D eigenvalue weighted by Gasteiger charge is -2.08. The molecule has 4 heteroatoms. The monoisotopic (exact) mass is 277 g/mol. The highest BCUT2D eigenvalue weighted by Crippen LogP contribution is 2.24. The summed E-state index contributed by atoms with van der Waals surface area (Å²) in [6.07, 6.45) is 5.48. The lowest BCUT2D eigenvalue weighted by atomic mass is 9.98. The Kier molecular flexibility index (Phi) is 3.51. The van der Waals surface area contributed by atoms with Gasteiger partial charge in [-0.05, 0) is 22.8 Å². The molecule has 1 aromatic heterocycles. The van der Waals surface area contributed by atoms with Gasteiger partial charge in [-0.15, -0.1) is 0 Å². The number of imidazole rings is 1. The summed E-state index contributed by atoms with van der Waals surface area (Å²) in [6.45, 7) is 0.776. The van der Waals surface area contributed by atoms with Gasteiger partial charge in [-0.3, -0.25) is 4.79 Å². The summed E-state index contributed by atoms with van der Waals surface area (Å²) in [6, 6.07) is 15.5. The topological polar surface area (TPSA) is 60.9 Å². The van der Waals surface area contributed by atoms with Crippen molar-refractivity contribution in [3.8, 4) is 11.1 Å². The third-order valence-corrected chi connectivity index (χ3v) is 3.38. The number of nitrogens with zero attached hydrogens (tertiary/aromatic N) is 2. The van der Waals surface area contributed by atoms with Crippen LogP contribution in [0.4, 0.5) is 0 Å². The average Bonchev–Trinajstić information content (AvgIpc) is 3.01. The Balaban J connectivity index is 1.89. The molecule has 2 aromatic carbocycles. The van der Waals surface area contributed by atoms with Gasteiger partial charge in [0.2, 0.25) is 5.91 Å². The van der Waals surface area contributed by atoms with Crippen molar-refractivity contribution in [2.24, 2.45) is 5.73 Å². The zero-order valence-electron chi connectivity index (χ0n) is 11.4. The highest BCUT2D eigenvalue weighted by atomic mass is 16.1. The third-order valence-electron chi connectivity index (χ3n) is 3.38. The van der Waals surface area contributed by atoms with E-state index >= 15 is 0 Å². The van der Waals surface area contributed by atoms with Crippen molar-refractivity contribution < 1.29 is 4.79 Å². The number of benzene rings is 2. The predicted molar refractivity (Wildman–Crippen MR) is 81.7 cm³/mol. The zero-order valence-corrected chi connectivity index (χ0v) is 11.4. The van der Waals surface area contributed by atoms with Crippen LogP contribution in [0.3, 0.4) is 0 Å². The van der Waals surface area contributed by atoms with E-state index in [1.807, 2.05) is 53.2 Å². The van der Waals surface area contributed by atoms with Crippen molar-refractivity contribution in [3.05, 3.63) is 78.4 Å². The fourth-order valence-electron chi connectivity index (χ4n) is 2.33. The second kappa shape index (κ2) is 5.63. The average molecular weight is 277 g/mol. The minimum Gasteiger partial charge on any atom is -0.366 e. The molecule has 1 amide bonds. The SMILES string of the molecule is NC(=O)c1ccccc1-c1ccc(Cn2ccnc2)cc1. The van der Waals surface area contributed by atoms with Crippen LogP contribution in [-0.2, 0) is 6.54 Å². The highest BCUT2D eigenvalue weighted by molar-refractivity contribution is 5.99. The summed E-state index contributed by atoms with van der Waals surface area (Å²) in [5.41, 5.74) is 8.98. The first-order valence-corrected chi connectivity index (χ1v) is 6.68. The number of carbonyl (C=O) groups excluding carboxylic acids is 1. The fraction of sp³-hybridized carbons (Fsp3) is 0.0588. The third kappa shape index (κ3) is 2.84. The van der Waals surface area contributed by atoms with E-state index in [4.69, 9.17) is 5.73 Å². The van der Waals surface area contributed by atoms with E-state index in [9.17, 15) is 4.79 Å². The van der Waals surface area contributed by atoms with Gasteiger partial charge < -0.3 is 10.3 Å². The Morgan fingerprint density at radius 1 is 1.10 bits per heavy atom. The molecule has 104 valence electrons. The minimum absolute atomic E-state index is 0.409. The zero-order chi connectivity index (χ0) is 14.7. The van der Waals surface area contributed by atoms with E-state index in [0.29, 0.717) is 5.56 Å². The molecular formula is C17H15N3O. The standard InChI is InChI=1S/C17H15N3O/c18-17(21)16-4-2-1-3-15(16)14-7-5-13(6-8-14)11-20-10-9-19-12-20/h1-10,12H,11H2,(H2,18,21). The molecule has 3 rings (SSSR count). The molecule has 0 aliphatic rings. The summed E-state index contributed by atoms with van der Waals surface area (Å²) >= 11 is 0. The lowest BCUT2D eigenvalue weighted by molar-refractivity contribution is 0.100. The minimum atomic E-state index is -0.409. The Hall–Kier alpha value is -2.88. The van der Waals surface area contributed by atoms with Crippen LogP contribution in [-0.4, -0.2) is 15.5 Å². The largest absolute Gasteiger partial charge is 0.366 e. The van der Waals surface area contributed by atoms with Crippen LogP contribution >= 0.6 is 0 Å². The molecular weight excluding hydrogens is 262 g/mol. The molecule has 3 aromatic rings. The van der Waals surface area contributed by atoms with Gasteiger partial charge in [0.15, 0.2) is 0 Å². The van der Waals surface area contributed by atoms with Crippen molar-refractivity contribution in [2.45, 2.75) is 6.54 Å².